The van der Waals surface area contributed by atoms with Crippen LogP contribution in [-0.2, 0) is 9.53 Å². The highest BCUT2D eigenvalue weighted by Gasteiger charge is 2.40. The van der Waals surface area contributed by atoms with Crippen molar-refractivity contribution in [3.05, 3.63) is 20.8 Å². The molecule has 0 radical (unpaired) electrons. The highest BCUT2D eigenvalue weighted by Crippen LogP contribution is 2.41. The van der Waals surface area contributed by atoms with E-state index in [0.717, 1.165) is 4.52 Å². The Kier molecular flexibility index (Phi) is 5.23. The van der Waals surface area contributed by atoms with Gasteiger partial charge in [-0.25, -0.2) is 9.59 Å². The maximum absolute atomic E-state index is 13.4. The fourth-order valence-corrected chi connectivity index (χ4v) is 4.60. The van der Waals surface area contributed by atoms with E-state index in [-0.39, 0.29) is 28.1 Å². The van der Waals surface area contributed by atoms with Crippen LogP contribution in [0.25, 0.3) is 5.78 Å². The zero-order valence-electron chi connectivity index (χ0n) is 17.8. The smallest absolute Gasteiger partial charge is 0.410 e. The molecule has 11 nitrogen and oxygen atoms in total. The minimum atomic E-state index is -0.976. The molecule has 0 saturated carbocycles. The molecule has 2 atom stereocenters. The predicted octanol–water partition coefficient (Wildman–Crippen LogP) is 1.84. The predicted molar refractivity (Wildman–Crippen MR) is 115 cm³/mol. The van der Waals surface area contributed by atoms with Gasteiger partial charge in [0.15, 0.2) is 0 Å². The zero-order chi connectivity index (χ0) is 22.7. The second-order valence-corrected chi connectivity index (χ2v) is 9.66. The first-order chi connectivity index (χ1) is 14.5. The molecule has 168 valence electrons. The number of ether oxygens (including phenoxy) is 1. The molecular formula is C19H25BrN6O5. The fourth-order valence-electron chi connectivity index (χ4n) is 4.28. The van der Waals surface area contributed by atoms with Crippen LogP contribution in [0.15, 0.2) is 9.53 Å². The van der Waals surface area contributed by atoms with E-state index in [2.05, 4.69) is 26.0 Å². The van der Waals surface area contributed by atoms with Crippen LogP contribution in [-0.4, -0.2) is 73.0 Å². The zero-order valence-corrected chi connectivity index (χ0v) is 19.4. The average molecular weight is 497 g/mol. The Morgan fingerprint density at radius 1 is 1.19 bits per heavy atom. The lowest BCUT2D eigenvalue weighted by molar-refractivity contribution is -0.140. The van der Waals surface area contributed by atoms with Crippen LogP contribution in [0.3, 0.4) is 0 Å². The Morgan fingerprint density at radius 2 is 1.84 bits per heavy atom. The van der Waals surface area contributed by atoms with Crippen molar-refractivity contribution in [2.75, 3.05) is 31.1 Å². The Hall–Kier alpha value is -2.63. The van der Waals surface area contributed by atoms with E-state index >= 15 is 0 Å². The number of carboxylic acids is 1. The summed E-state index contributed by atoms with van der Waals surface area (Å²) in [6, 6.07) is -0.828. The van der Waals surface area contributed by atoms with Crippen molar-refractivity contribution >= 4 is 39.5 Å². The van der Waals surface area contributed by atoms with Gasteiger partial charge in [-0.1, -0.05) is 6.92 Å². The summed E-state index contributed by atoms with van der Waals surface area (Å²) in [5.41, 5.74) is 0.143. The summed E-state index contributed by atoms with van der Waals surface area (Å²) >= 11 is 3.19. The van der Waals surface area contributed by atoms with Crippen LogP contribution in [0.1, 0.15) is 51.8 Å². The van der Waals surface area contributed by atoms with Crippen molar-refractivity contribution in [3.63, 3.8) is 0 Å². The van der Waals surface area contributed by atoms with Crippen LogP contribution in [0.4, 0.5) is 10.5 Å². The van der Waals surface area contributed by atoms with Crippen molar-refractivity contribution in [2.45, 2.75) is 51.7 Å². The number of fused-ring (bicyclic) bond motifs is 3. The third-order valence-electron chi connectivity index (χ3n) is 5.56. The van der Waals surface area contributed by atoms with E-state index in [0.29, 0.717) is 44.0 Å². The molecule has 4 heterocycles. The van der Waals surface area contributed by atoms with Crippen molar-refractivity contribution in [3.8, 4) is 0 Å². The largest absolute Gasteiger partial charge is 0.480 e. The quantitative estimate of drug-likeness (QED) is 0.667. The molecule has 31 heavy (non-hydrogen) atoms. The van der Waals surface area contributed by atoms with Crippen molar-refractivity contribution < 1.29 is 19.4 Å². The number of rotatable bonds is 2. The van der Waals surface area contributed by atoms with Gasteiger partial charge in [-0.2, -0.15) is 9.50 Å². The molecular weight excluding hydrogens is 472 g/mol. The number of aliphatic carboxylic acids is 1. The number of amides is 1. The van der Waals surface area contributed by atoms with Gasteiger partial charge >= 0.3 is 12.1 Å². The molecule has 0 aromatic carbocycles. The number of hydrogen-bond acceptors (Lipinski definition) is 7. The Morgan fingerprint density at radius 3 is 2.42 bits per heavy atom. The van der Waals surface area contributed by atoms with Gasteiger partial charge in [0.25, 0.3) is 5.56 Å². The Labute approximate surface area is 186 Å². The van der Waals surface area contributed by atoms with E-state index in [1.165, 1.54) is 0 Å². The number of anilines is 1. The number of aromatic nitrogens is 4. The molecule has 1 saturated heterocycles. The number of carboxylic acid groups (broad SMARTS) is 1. The van der Waals surface area contributed by atoms with Gasteiger partial charge in [-0.3, -0.25) is 9.36 Å². The summed E-state index contributed by atoms with van der Waals surface area (Å²) in [7, 11) is 0. The Balaban J connectivity index is 1.72. The molecule has 4 rings (SSSR count). The minimum absolute atomic E-state index is 0.145. The number of halogens is 1. The molecule has 0 bridgehead atoms. The second-order valence-electron chi connectivity index (χ2n) is 8.95. The highest BCUT2D eigenvalue weighted by molar-refractivity contribution is 9.10. The molecule has 1 N–H and O–H groups in total. The lowest BCUT2D eigenvalue weighted by Crippen LogP contribution is -2.51. The number of hydrogen-bond donors (Lipinski definition) is 1. The van der Waals surface area contributed by atoms with Crippen LogP contribution in [0, 0.1) is 0 Å². The third kappa shape index (κ3) is 3.77. The van der Waals surface area contributed by atoms with Gasteiger partial charge in [0.1, 0.15) is 17.3 Å². The van der Waals surface area contributed by atoms with Gasteiger partial charge in [0, 0.05) is 32.1 Å². The van der Waals surface area contributed by atoms with Crippen LogP contribution in [0.2, 0.25) is 0 Å². The van der Waals surface area contributed by atoms with E-state index in [9.17, 15) is 19.5 Å². The normalized spacial score (nSPS) is 21.5. The SMILES string of the molecule is CC1CC(C(=O)O)n2c1c(N1CCN(C(=O)OC(C)(C)C)CC1)c(=O)n1nc(Br)nc21. The van der Waals surface area contributed by atoms with Gasteiger partial charge in [-0.05, 0) is 43.1 Å². The van der Waals surface area contributed by atoms with Gasteiger partial charge < -0.3 is 19.6 Å². The standard InChI is InChI=1S/C19H25BrN6O5/c1-10-9-11(15(28)29)25-12(10)13(14(27)26-17(25)21-16(20)22-26)23-5-7-24(8-6-23)18(30)31-19(2,3)4/h10-11H,5-9H2,1-4H3,(H,28,29). The monoisotopic (exact) mass is 496 g/mol. The number of nitrogens with zero attached hydrogens (tertiary/aromatic N) is 6. The average Bonchev–Trinajstić information content (AvgIpc) is 3.22. The summed E-state index contributed by atoms with van der Waals surface area (Å²) in [5.74, 6) is -0.913. The molecule has 1 amide bonds. The van der Waals surface area contributed by atoms with E-state index in [1.807, 2.05) is 32.6 Å². The molecule has 0 spiro atoms. The first kappa shape index (κ1) is 21.6. The molecule has 12 heteroatoms. The number of piperazine rings is 1. The molecule has 2 aromatic heterocycles. The summed E-state index contributed by atoms with van der Waals surface area (Å²) in [5, 5.41) is 13.9. The van der Waals surface area contributed by atoms with Crippen molar-refractivity contribution in [2.24, 2.45) is 0 Å². The summed E-state index contributed by atoms with van der Waals surface area (Å²) in [4.78, 5) is 45.4. The third-order valence-corrected chi connectivity index (χ3v) is 5.90. The molecule has 1 fully saturated rings. The second kappa shape index (κ2) is 7.50. The lowest BCUT2D eigenvalue weighted by atomic mass is 10.0. The maximum Gasteiger partial charge on any atom is 0.410 e. The van der Waals surface area contributed by atoms with Crippen molar-refractivity contribution in [1.82, 2.24) is 24.1 Å². The van der Waals surface area contributed by atoms with E-state index in [1.54, 1.807) is 9.47 Å². The van der Waals surface area contributed by atoms with Gasteiger partial charge in [-0.15, -0.1) is 5.10 Å². The van der Waals surface area contributed by atoms with Crippen LogP contribution >= 0.6 is 15.9 Å². The molecule has 2 aliphatic rings. The summed E-state index contributed by atoms with van der Waals surface area (Å²) < 4.78 is 8.42. The number of carbonyl (C=O) groups excluding carboxylic acids is 1. The summed E-state index contributed by atoms with van der Waals surface area (Å²) in [6.45, 7) is 9.00. The topological polar surface area (TPSA) is 122 Å². The van der Waals surface area contributed by atoms with Crippen LogP contribution < -0.4 is 10.5 Å². The fraction of sp³-hybridized carbons (Fsp3) is 0.632. The number of carbonyl (C=O) groups is 2. The van der Waals surface area contributed by atoms with Crippen molar-refractivity contribution in [1.29, 1.82) is 0 Å². The minimum Gasteiger partial charge on any atom is -0.480 e. The van der Waals surface area contributed by atoms with Gasteiger partial charge in [0.05, 0.1) is 5.69 Å². The Bertz CT molecular complexity index is 1110. The molecule has 2 aliphatic heterocycles. The molecule has 2 aromatic rings. The highest BCUT2D eigenvalue weighted by atomic mass is 79.9. The first-order valence-electron chi connectivity index (χ1n) is 10.1. The lowest BCUT2D eigenvalue weighted by Gasteiger charge is -2.37. The summed E-state index contributed by atoms with van der Waals surface area (Å²) in [6.07, 6.45) is -0.0202. The molecule has 2 unspecified atom stereocenters. The maximum atomic E-state index is 13.4. The first-order valence-corrected chi connectivity index (χ1v) is 10.9. The molecule has 0 aliphatic carbocycles. The van der Waals surface area contributed by atoms with Crippen LogP contribution in [0.5, 0.6) is 0 Å². The van der Waals surface area contributed by atoms with E-state index in [4.69, 9.17) is 4.74 Å². The van der Waals surface area contributed by atoms with E-state index < -0.39 is 17.6 Å². The van der Waals surface area contributed by atoms with Gasteiger partial charge in [0.2, 0.25) is 10.5 Å².